The maximum Gasteiger partial charge on any atom is 0.123 e. The van der Waals surface area contributed by atoms with Crippen molar-refractivity contribution >= 4 is 11.4 Å². The first-order valence-electron chi connectivity index (χ1n) is 6.65. The third kappa shape index (κ3) is 2.72. The number of rotatable bonds is 2. The molecule has 3 nitrogen and oxygen atoms in total. The summed E-state index contributed by atoms with van der Waals surface area (Å²) in [6.45, 7) is 0. The van der Waals surface area contributed by atoms with E-state index in [2.05, 4.69) is 16.6 Å². The first-order valence-corrected chi connectivity index (χ1v) is 6.65. The van der Waals surface area contributed by atoms with Crippen LogP contribution in [-0.4, -0.2) is 5.71 Å². The van der Waals surface area contributed by atoms with Gasteiger partial charge in [-0.2, -0.15) is 10.4 Å². The van der Waals surface area contributed by atoms with E-state index in [0.29, 0.717) is 29.0 Å². The van der Waals surface area contributed by atoms with Gasteiger partial charge in [0.15, 0.2) is 0 Å². The molecule has 0 bridgehead atoms. The molecular weight excluding hydrogens is 284 g/mol. The number of hydrogen-bond acceptors (Lipinski definition) is 3. The van der Waals surface area contributed by atoms with Crippen molar-refractivity contribution in [3.05, 3.63) is 76.9 Å². The summed E-state index contributed by atoms with van der Waals surface area (Å²) in [7, 11) is 0. The number of allylic oxidation sites excluding steroid dienone is 1. The zero-order valence-electron chi connectivity index (χ0n) is 11.5. The summed E-state index contributed by atoms with van der Waals surface area (Å²) < 4.78 is 26.0. The van der Waals surface area contributed by atoms with Gasteiger partial charge >= 0.3 is 0 Å². The van der Waals surface area contributed by atoms with Crippen molar-refractivity contribution in [3.8, 4) is 6.07 Å². The third-order valence-corrected chi connectivity index (χ3v) is 3.39. The van der Waals surface area contributed by atoms with Gasteiger partial charge in [-0.15, -0.1) is 0 Å². The molecule has 0 saturated heterocycles. The Bertz CT molecular complexity index is 797. The van der Waals surface area contributed by atoms with Gasteiger partial charge in [0.05, 0.1) is 23.1 Å². The summed E-state index contributed by atoms with van der Waals surface area (Å²) in [6.07, 6.45) is 0.335. The molecule has 0 aliphatic carbocycles. The molecule has 0 aromatic heterocycles. The SMILES string of the molecule is N#CC1=C(c2ccc(F)cc2)NN=C(c2ccc(F)cc2)C1. The molecule has 1 heterocycles. The Morgan fingerprint density at radius 1 is 0.909 bits per heavy atom. The van der Waals surface area contributed by atoms with E-state index in [4.69, 9.17) is 0 Å². The van der Waals surface area contributed by atoms with Crippen LogP contribution in [0.2, 0.25) is 0 Å². The van der Waals surface area contributed by atoms with Gasteiger partial charge < -0.3 is 0 Å². The van der Waals surface area contributed by atoms with Crippen LogP contribution in [0, 0.1) is 23.0 Å². The Kier molecular flexibility index (Phi) is 3.67. The highest BCUT2D eigenvalue weighted by molar-refractivity contribution is 6.04. The summed E-state index contributed by atoms with van der Waals surface area (Å²) >= 11 is 0. The van der Waals surface area contributed by atoms with Crippen LogP contribution < -0.4 is 5.43 Å². The van der Waals surface area contributed by atoms with Gasteiger partial charge in [0.25, 0.3) is 0 Å². The van der Waals surface area contributed by atoms with E-state index in [1.165, 1.54) is 24.3 Å². The molecule has 0 unspecified atom stereocenters. The fourth-order valence-electron chi connectivity index (χ4n) is 2.25. The summed E-state index contributed by atoms with van der Waals surface area (Å²) in [5.74, 6) is -0.662. The molecule has 0 spiro atoms. The number of halogens is 2. The van der Waals surface area contributed by atoms with Crippen molar-refractivity contribution in [1.29, 1.82) is 5.26 Å². The van der Waals surface area contributed by atoms with Crippen molar-refractivity contribution in [2.45, 2.75) is 6.42 Å². The third-order valence-electron chi connectivity index (χ3n) is 3.39. The number of nitriles is 1. The lowest BCUT2D eigenvalue weighted by Crippen LogP contribution is -2.19. The van der Waals surface area contributed by atoms with Crippen LogP contribution in [0.15, 0.2) is 59.2 Å². The number of nitrogens with one attached hydrogen (secondary N) is 1. The van der Waals surface area contributed by atoms with E-state index >= 15 is 0 Å². The van der Waals surface area contributed by atoms with Crippen LogP contribution in [0.3, 0.4) is 0 Å². The Balaban J connectivity index is 1.91. The van der Waals surface area contributed by atoms with Gasteiger partial charge in [-0.25, -0.2) is 8.78 Å². The number of hydrazone groups is 1. The fraction of sp³-hybridized carbons (Fsp3) is 0.0588. The van der Waals surface area contributed by atoms with Crippen molar-refractivity contribution in [3.63, 3.8) is 0 Å². The van der Waals surface area contributed by atoms with Crippen molar-refractivity contribution in [1.82, 2.24) is 5.43 Å². The molecule has 1 aliphatic heterocycles. The van der Waals surface area contributed by atoms with Crippen LogP contribution in [0.25, 0.3) is 5.70 Å². The normalized spacial score (nSPS) is 14.1. The van der Waals surface area contributed by atoms with Gasteiger partial charge in [0, 0.05) is 12.0 Å². The number of nitrogens with zero attached hydrogens (tertiary/aromatic N) is 2. The Morgan fingerprint density at radius 3 is 2.00 bits per heavy atom. The number of benzene rings is 2. The lowest BCUT2D eigenvalue weighted by molar-refractivity contribution is 0.627. The maximum absolute atomic E-state index is 13.0. The largest absolute Gasteiger partial charge is 0.277 e. The molecule has 2 aromatic rings. The summed E-state index contributed by atoms with van der Waals surface area (Å²) in [5, 5.41) is 13.6. The Hall–Kier alpha value is -3.00. The smallest absolute Gasteiger partial charge is 0.123 e. The van der Waals surface area contributed by atoms with E-state index in [9.17, 15) is 14.0 Å². The standard InChI is InChI=1S/C17H11F2N3/c18-14-5-1-11(2-6-14)16-9-13(10-20)17(22-21-16)12-3-7-15(19)8-4-12/h1-8,22H,9H2. The van der Waals surface area contributed by atoms with Gasteiger partial charge in [0.1, 0.15) is 11.6 Å². The fourth-order valence-corrected chi connectivity index (χ4v) is 2.25. The molecule has 22 heavy (non-hydrogen) atoms. The maximum atomic E-state index is 13.0. The van der Waals surface area contributed by atoms with Crippen LogP contribution >= 0.6 is 0 Å². The molecule has 108 valence electrons. The summed E-state index contributed by atoms with van der Waals surface area (Å²) in [6, 6.07) is 13.9. The highest BCUT2D eigenvalue weighted by Gasteiger charge is 2.18. The average Bonchev–Trinajstić information content (AvgIpc) is 2.56. The molecule has 3 rings (SSSR count). The van der Waals surface area contributed by atoms with E-state index in [1.807, 2.05) is 0 Å². The zero-order chi connectivity index (χ0) is 15.5. The minimum atomic E-state index is -0.339. The Morgan fingerprint density at radius 2 is 1.45 bits per heavy atom. The molecule has 0 radical (unpaired) electrons. The minimum absolute atomic E-state index is 0.323. The van der Waals surface area contributed by atoms with Crippen molar-refractivity contribution < 1.29 is 8.78 Å². The molecule has 1 N–H and O–H groups in total. The van der Waals surface area contributed by atoms with E-state index < -0.39 is 0 Å². The first kappa shape index (κ1) is 14.0. The molecule has 0 fully saturated rings. The average molecular weight is 295 g/mol. The van der Waals surface area contributed by atoms with E-state index in [0.717, 1.165) is 5.56 Å². The molecule has 0 saturated carbocycles. The molecule has 1 aliphatic rings. The monoisotopic (exact) mass is 295 g/mol. The molecule has 0 amide bonds. The predicted octanol–water partition coefficient (Wildman–Crippen LogP) is 3.60. The van der Waals surface area contributed by atoms with Gasteiger partial charge in [-0.05, 0) is 42.0 Å². The second-order valence-electron chi connectivity index (χ2n) is 4.83. The van der Waals surface area contributed by atoms with Gasteiger partial charge in [-0.3, -0.25) is 5.43 Å². The molecule has 0 atom stereocenters. The van der Waals surface area contributed by atoms with E-state index in [1.54, 1.807) is 24.3 Å². The number of hydrogen-bond donors (Lipinski definition) is 1. The Labute approximate surface area is 126 Å². The molecule has 5 heteroatoms. The summed E-state index contributed by atoms with van der Waals surface area (Å²) in [5.41, 5.74) is 6.01. The minimum Gasteiger partial charge on any atom is -0.277 e. The second-order valence-corrected chi connectivity index (χ2v) is 4.83. The summed E-state index contributed by atoms with van der Waals surface area (Å²) in [4.78, 5) is 0. The first-order chi connectivity index (χ1) is 10.7. The van der Waals surface area contributed by atoms with Crippen molar-refractivity contribution in [2.24, 2.45) is 5.10 Å². The van der Waals surface area contributed by atoms with Crippen LogP contribution in [0.1, 0.15) is 17.5 Å². The molecule has 2 aromatic carbocycles. The highest BCUT2D eigenvalue weighted by atomic mass is 19.1. The van der Waals surface area contributed by atoms with Crippen LogP contribution in [-0.2, 0) is 0 Å². The van der Waals surface area contributed by atoms with Crippen LogP contribution in [0.5, 0.6) is 0 Å². The predicted molar refractivity (Wildman–Crippen MR) is 79.6 cm³/mol. The highest BCUT2D eigenvalue weighted by Crippen LogP contribution is 2.24. The topological polar surface area (TPSA) is 48.2 Å². The second kappa shape index (κ2) is 5.78. The molecular formula is C17H11F2N3. The quantitative estimate of drug-likeness (QED) is 0.920. The lowest BCUT2D eigenvalue weighted by atomic mass is 9.97. The van der Waals surface area contributed by atoms with E-state index in [-0.39, 0.29) is 11.6 Å². The lowest BCUT2D eigenvalue weighted by Gasteiger charge is -2.18. The van der Waals surface area contributed by atoms with Crippen LogP contribution in [0.4, 0.5) is 8.78 Å². The zero-order valence-corrected chi connectivity index (χ0v) is 11.5. The van der Waals surface area contributed by atoms with Gasteiger partial charge in [-0.1, -0.05) is 12.1 Å². The van der Waals surface area contributed by atoms with Gasteiger partial charge in [0.2, 0.25) is 0 Å². The van der Waals surface area contributed by atoms with Crippen molar-refractivity contribution in [2.75, 3.05) is 0 Å².